The number of nitrogens with one attached hydrogen (secondary N) is 1. The SMILES string of the molecule is C=N/C(=C\C=Nc1ccc(C(=O)Nc2ccccc2N)cn1)c1c(C)nc2ccccn12. The van der Waals surface area contributed by atoms with Gasteiger partial charge in [-0.15, -0.1) is 0 Å². The Morgan fingerprint density at radius 2 is 1.97 bits per heavy atom. The van der Waals surface area contributed by atoms with Crippen molar-refractivity contribution in [1.29, 1.82) is 0 Å². The van der Waals surface area contributed by atoms with Crippen LogP contribution in [-0.2, 0) is 0 Å². The minimum atomic E-state index is -0.299. The summed E-state index contributed by atoms with van der Waals surface area (Å²) < 4.78 is 1.95. The summed E-state index contributed by atoms with van der Waals surface area (Å²) in [6, 6.07) is 16.2. The number of fused-ring (bicyclic) bond motifs is 1. The van der Waals surface area contributed by atoms with E-state index in [9.17, 15) is 4.79 Å². The molecule has 1 aromatic carbocycles. The molecule has 8 nitrogen and oxygen atoms in total. The fourth-order valence-electron chi connectivity index (χ4n) is 3.21. The van der Waals surface area contributed by atoms with Crippen LogP contribution in [0.25, 0.3) is 11.3 Å². The Balaban J connectivity index is 1.50. The molecule has 158 valence electrons. The Morgan fingerprint density at radius 1 is 1.16 bits per heavy atom. The monoisotopic (exact) mass is 423 g/mol. The average molecular weight is 423 g/mol. The lowest BCUT2D eigenvalue weighted by Gasteiger charge is -2.07. The Labute approximate surface area is 184 Å². The van der Waals surface area contributed by atoms with Crippen LogP contribution in [0.3, 0.4) is 0 Å². The largest absolute Gasteiger partial charge is 0.397 e. The molecule has 8 heteroatoms. The maximum Gasteiger partial charge on any atom is 0.257 e. The van der Waals surface area contributed by atoms with Gasteiger partial charge in [-0.3, -0.25) is 14.2 Å². The van der Waals surface area contributed by atoms with Gasteiger partial charge < -0.3 is 11.1 Å². The lowest BCUT2D eigenvalue weighted by atomic mass is 10.2. The summed E-state index contributed by atoms with van der Waals surface area (Å²) in [7, 11) is 0. The van der Waals surface area contributed by atoms with Crippen molar-refractivity contribution in [3.05, 3.63) is 90.0 Å². The Morgan fingerprint density at radius 3 is 2.72 bits per heavy atom. The van der Waals surface area contributed by atoms with Crippen LogP contribution in [0.5, 0.6) is 0 Å². The lowest BCUT2D eigenvalue weighted by Crippen LogP contribution is -2.13. The predicted octanol–water partition coefficient (Wildman–Crippen LogP) is 4.32. The first-order valence-electron chi connectivity index (χ1n) is 9.84. The zero-order valence-corrected chi connectivity index (χ0v) is 17.4. The molecule has 0 fully saturated rings. The molecule has 0 bridgehead atoms. The normalized spacial score (nSPS) is 11.7. The smallest absolute Gasteiger partial charge is 0.257 e. The van der Waals surface area contributed by atoms with Crippen LogP contribution in [0.4, 0.5) is 17.2 Å². The molecule has 3 heterocycles. The minimum absolute atomic E-state index is 0.299. The maximum atomic E-state index is 12.4. The second kappa shape index (κ2) is 9.05. The predicted molar refractivity (Wildman–Crippen MR) is 129 cm³/mol. The number of aliphatic imine (C=N–C) groups is 2. The molecule has 0 aliphatic carbocycles. The summed E-state index contributed by atoms with van der Waals surface area (Å²) in [5.41, 5.74) is 10.5. The number of imidazole rings is 1. The van der Waals surface area contributed by atoms with E-state index in [0.717, 1.165) is 17.0 Å². The number of benzene rings is 1. The van der Waals surface area contributed by atoms with Gasteiger partial charge in [-0.25, -0.2) is 15.0 Å². The second-order valence-electron chi connectivity index (χ2n) is 6.91. The number of nitrogens with zero attached hydrogens (tertiary/aromatic N) is 5. The third-order valence-corrected chi connectivity index (χ3v) is 4.78. The van der Waals surface area contributed by atoms with Gasteiger partial charge in [0, 0.05) is 18.6 Å². The Hall–Kier alpha value is -4.59. The van der Waals surface area contributed by atoms with E-state index in [1.54, 1.807) is 48.7 Å². The molecule has 0 saturated carbocycles. The number of para-hydroxylation sites is 2. The van der Waals surface area contributed by atoms with E-state index in [-0.39, 0.29) is 5.91 Å². The van der Waals surface area contributed by atoms with Crippen molar-refractivity contribution in [2.75, 3.05) is 11.1 Å². The first kappa shape index (κ1) is 20.7. The number of hydrogen-bond donors (Lipinski definition) is 2. The molecule has 0 unspecified atom stereocenters. The van der Waals surface area contributed by atoms with Crippen molar-refractivity contribution in [1.82, 2.24) is 14.4 Å². The highest BCUT2D eigenvalue weighted by Gasteiger charge is 2.11. The quantitative estimate of drug-likeness (QED) is 0.355. The number of aromatic nitrogens is 3. The summed E-state index contributed by atoms with van der Waals surface area (Å²) in [6.07, 6.45) is 6.73. The van der Waals surface area contributed by atoms with Gasteiger partial charge in [0.05, 0.1) is 34.0 Å². The van der Waals surface area contributed by atoms with E-state index < -0.39 is 0 Å². The van der Waals surface area contributed by atoms with Gasteiger partial charge >= 0.3 is 0 Å². The molecule has 1 amide bonds. The molecule has 3 N–H and O–H groups in total. The topological polar surface area (TPSA) is 110 Å². The van der Waals surface area contributed by atoms with Crippen molar-refractivity contribution in [2.45, 2.75) is 6.92 Å². The maximum absolute atomic E-state index is 12.4. The summed E-state index contributed by atoms with van der Waals surface area (Å²) in [6.45, 7) is 5.60. The van der Waals surface area contributed by atoms with Crippen LogP contribution in [0, 0.1) is 6.92 Å². The van der Waals surface area contributed by atoms with E-state index >= 15 is 0 Å². The number of carbonyl (C=O) groups is 1. The van der Waals surface area contributed by atoms with Gasteiger partial charge in [-0.05, 0) is 56.1 Å². The molecule has 0 spiro atoms. The highest BCUT2D eigenvalue weighted by Crippen LogP contribution is 2.21. The third kappa shape index (κ3) is 4.29. The Kier molecular flexibility index (Phi) is 5.85. The number of aryl methyl sites for hydroxylation is 1. The molecule has 0 aliphatic rings. The third-order valence-electron chi connectivity index (χ3n) is 4.78. The number of nitrogen functional groups attached to an aromatic ring is 1. The summed E-state index contributed by atoms with van der Waals surface area (Å²) in [5, 5.41) is 2.77. The van der Waals surface area contributed by atoms with E-state index in [1.807, 2.05) is 35.7 Å². The Bertz CT molecular complexity index is 1350. The number of hydrogen-bond acceptors (Lipinski definition) is 6. The van der Waals surface area contributed by atoms with Crippen molar-refractivity contribution in [3.8, 4) is 0 Å². The molecule has 4 aromatic rings. The van der Waals surface area contributed by atoms with Crippen molar-refractivity contribution in [2.24, 2.45) is 9.98 Å². The van der Waals surface area contributed by atoms with Gasteiger partial charge in [0.1, 0.15) is 5.65 Å². The van der Waals surface area contributed by atoms with Crippen LogP contribution in [0.2, 0.25) is 0 Å². The first-order valence-corrected chi connectivity index (χ1v) is 9.84. The number of pyridine rings is 2. The van der Waals surface area contributed by atoms with E-state index in [4.69, 9.17) is 5.73 Å². The fourth-order valence-corrected chi connectivity index (χ4v) is 3.21. The molecule has 0 radical (unpaired) electrons. The van der Waals surface area contributed by atoms with E-state index in [1.165, 1.54) is 6.20 Å². The van der Waals surface area contributed by atoms with Crippen molar-refractivity contribution >= 4 is 47.4 Å². The van der Waals surface area contributed by atoms with Gasteiger partial charge in [0.15, 0.2) is 5.82 Å². The number of rotatable bonds is 6. The molecule has 0 atom stereocenters. The molecule has 0 saturated heterocycles. The standard InChI is InChI=1S/C24H21N7O/c1-16-23(31-14-6-5-9-22(31)29-16)20(26-2)12-13-27-21-11-10-17(15-28-21)24(32)30-19-8-4-3-7-18(19)25/h3-15H,2,25H2,1H3,(H,30,32)/b20-12-,27-13?. The molecular formula is C24H21N7O. The zero-order valence-electron chi connectivity index (χ0n) is 17.4. The highest BCUT2D eigenvalue weighted by atomic mass is 16.1. The number of nitrogens with two attached hydrogens (primary N) is 1. The lowest BCUT2D eigenvalue weighted by molar-refractivity contribution is 0.102. The van der Waals surface area contributed by atoms with Gasteiger partial charge in [-0.2, -0.15) is 0 Å². The minimum Gasteiger partial charge on any atom is -0.397 e. The highest BCUT2D eigenvalue weighted by molar-refractivity contribution is 6.05. The second-order valence-corrected chi connectivity index (χ2v) is 6.91. The molecular weight excluding hydrogens is 402 g/mol. The van der Waals surface area contributed by atoms with Gasteiger partial charge in [-0.1, -0.05) is 18.2 Å². The number of anilines is 2. The van der Waals surface area contributed by atoms with Crippen molar-refractivity contribution < 1.29 is 4.79 Å². The first-order chi connectivity index (χ1) is 15.6. The average Bonchev–Trinajstić information content (AvgIpc) is 3.14. The van der Waals surface area contributed by atoms with E-state index in [2.05, 4.69) is 32.0 Å². The zero-order chi connectivity index (χ0) is 22.5. The molecule has 3 aromatic heterocycles. The van der Waals surface area contributed by atoms with Crippen LogP contribution in [0.15, 0.2) is 83.1 Å². The number of carbonyl (C=O) groups excluding carboxylic acids is 1. The van der Waals surface area contributed by atoms with Crippen LogP contribution in [-0.4, -0.2) is 33.2 Å². The van der Waals surface area contributed by atoms with Crippen molar-refractivity contribution in [3.63, 3.8) is 0 Å². The summed E-state index contributed by atoms with van der Waals surface area (Å²) in [4.78, 5) is 29.6. The number of allylic oxidation sites excluding steroid dienone is 1. The van der Waals surface area contributed by atoms with Gasteiger partial charge in [0.2, 0.25) is 0 Å². The fraction of sp³-hybridized carbons (Fsp3) is 0.0417. The number of amides is 1. The van der Waals surface area contributed by atoms with Crippen LogP contribution >= 0.6 is 0 Å². The summed E-state index contributed by atoms with van der Waals surface area (Å²) >= 11 is 0. The summed E-state index contributed by atoms with van der Waals surface area (Å²) in [5.74, 6) is 0.155. The van der Waals surface area contributed by atoms with E-state index in [0.29, 0.717) is 28.5 Å². The van der Waals surface area contributed by atoms with Crippen LogP contribution in [0.1, 0.15) is 21.7 Å². The van der Waals surface area contributed by atoms with Gasteiger partial charge in [0.25, 0.3) is 5.91 Å². The molecule has 32 heavy (non-hydrogen) atoms. The van der Waals surface area contributed by atoms with Crippen LogP contribution < -0.4 is 11.1 Å². The molecule has 4 rings (SSSR count). The molecule has 0 aliphatic heterocycles.